The molecule has 2 atom stereocenters. The lowest BCUT2D eigenvalue weighted by atomic mass is 9.65. The van der Waals surface area contributed by atoms with Gasteiger partial charge in [-0.15, -0.1) is 0 Å². The molecule has 3 nitrogen and oxygen atoms in total. The van der Waals surface area contributed by atoms with Crippen molar-refractivity contribution in [2.24, 2.45) is 0 Å². The van der Waals surface area contributed by atoms with Crippen molar-refractivity contribution in [1.82, 2.24) is 4.98 Å². The van der Waals surface area contributed by atoms with Crippen LogP contribution in [-0.2, 0) is 18.3 Å². The van der Waals surface area contributed by atoms with Crippen LogP contribution in [0.25, 0.3) is 10.9 Å². The number of rotatable bonds is 5. The van der Waals surface area contributed by atoms with Crippen molar-refractivity contribution < 1.29 is 18.3 Å². The second-order valence-corrected chi connectivity index (χ2v) is 9.52. The fraction of sp³-hybridized carbons (Fsp3) is 0.423. The normalized spacial score (nSPS) is 20.6. The molecule has 0 saturated heterocycles. The van der Waals surface area contributed by atoms with E-state index in [4.69, 9.17) is 0 Å². The molecule has 0 bridgehead atoms. The number of para-hydroxylation sites is 1. The minimum Gasteiger partial charge on any atom is -0.380 e. The summed E-state index contributed by atoms with van der Waals surface area (Å²) in [5, 5.41) is 11.8. The first kappa shape index (κ1) is 22.6. The zero-order valence-electron chi connectivity index (χ0n) is 18.7. The van der Waals surface area contributed by atoms with E-state index in [2.05, 4.69) is 11.1 Å². The van der Waals surface area contributed by atoms with Crippen molar-refractivity contribution in [2.45, 2.75) is 56.2 Å². The topological polar surface area (TPSA) is 36.4 Å². The molecule has 170 valence electrons. The number of aryl methyl sites for hydroxylation is 1. The summed E-state index contributed by atoms with van der Waals surface area (Å²) in [6.07, 6.45) is -1.89. The molecule has 4 rings (SSSR count). The zero-order valence-corrected chi connectivity index (χ0v) is 18.7. The Balaban J connectivity index is 1.74. The Kier molecular flexibility index (Phi) is 5.70. The van der Waals surface area contributed by atoms with Crippen LogP contribution in [0.4, 0.5) is 18.9 Å². The van der Waals surface area contributed by atoms with Crippen LogP contribution < -0.4 is 4.90 Å². The van der Waals surface area contributed by atoms with Gasteiger partial charge in [-0.05, 0) is 72.1 Å². The first-order chi connectivity index (χ1) is 15.0. The highest BCUT2D eigenvalue weighted by molar-refractivity contribution is 5.82. The van der Waals surface area contributed by atoms with Crippen molar-refractivity contribution in [3.05, 3.63) is 71.4 Å². The van der Waals surface area contributed by atoms with Gasteiger partial charge in [0.05, 0.1) is 5.52 Å². The monoisotopic (exact) mass is 442 g/mol. The van der Waals surface area contributed by atoms with Crippen LogP contribution in [0, 0.1) is 0 Å². The standard InChI is InChI=1S/C26H29F3N2O/c1-24(13-6-7-18-15-20(31(2)3)10-11-22(18)24)17-25(32,26(27,28)29)16-19-12-14-30-23-9-5-4-8-21(19)23/h4-5,8-12,14-15,32H,6-7,13,16-17H2,1-3H3/t24?,25-/m0/s1. The molecule has 6 heteroatoms. The van der Waals surface area contributed by atoms with E-state index in [0.717, 1.165) is 29.7 Å². The highest BCUT2D eigenvalue weighted by Gasteiger charge is 2.57. The second-order valence-electron chi connectivity index (χ2n) is 9.52. The number of benzene rings is 2. The Labute approximate surface area is 186 Å². The Hall–Kier alpha value is -2.60. The number of aromatic nitrogens is 1. The molecule has 0 amide bonds. The van der Waals surface area contributed by atoms with Gasteiger partial charge in [-0.3, -0.25) is 4.98 Å². The summed E-state index contributed by atoms with van der Waals surface area (Å²) in [5.74, 6) is 0. The van der Waals surface area contributed by atoms with Crippen LogP contribution in [0.3, 0.4) is 0 Å². The van der Waals surface area contributed by atoms with Crippen LogP contribution >= 0.6 is 0 Å². The molecular weight excluding hydrogens is 413 g/mol. The molecule has 0 spiro atoms. The average Bonchev–Trinajstić information content (AvgIpc) is 2.73. The van der Waals surface area contributed by atoms with Crippen molar-refractivity contribution in [3.63, 3.8) is 0 Å². The van der Waals surface area contributed by atoms with Gasteiger partial charge in [-0.2, -0.15) is 13.2 Å². The third kappa shape index (κ3) is 4.08. The summed E-state index contributed by atoms with van der Waals surface area (Å²) < 4.78 is 43.2. The molecule has 1 aromatic heterocycles. The highest BCUT2D eigenvalue weighted by Crippen LogP contribution is 2.48. The van der Waals surface area contributed by atoms with Crippen molar-refractivity contribution in [2.75, 3.05) is 19.0 Å². The van der Waals surface area contributed by atoms with E-state index < -0.39 is 23.6 Å². The summed E-state index contributed by atoms with van der Waals surface area (Å²) in [6, 6.07) is 14.7. The summed E-state index contributed by atoms with van der Waals surface area (Å²) in [6.45, 7) is 1.86. The number of anilines is 1. The van der Waals surface area contributed by atoms with Crippen LogP contribution in [0.1, 0.15) is 42.9 Å². The Morgan fingerprint density at radius 1 is 1.09 bits per heavy atom. The lowest BCUT2D eigenvalue weighted by molar-refractivity contribution is -0.267. The van der Waals surface area contributed by atoms with Gasteiger partial charge in [0.1, 0.15) is 0 Å². The molecule has 1 unspecified atom stereocenters. The van der Waals surface area contributed by atoms with Gasteiger partial charge in [-0.25, -0.2) is 0 Å². The van der Waals surface area contributed by atoms with E-state index in [1.165, 1.54) is 6.20 Å². The second kappa shape index (κ2) is 8.07. The minimum atomic E-state index is -4.76. The van der Waals surface area contributed by atoms with E-state index in [1.807, 2.05) is 38.1 Å². The predicted octanol–water partition coefficient (Wildman–Crippen LogP) is 5.82. The van der Waals surface area contributed by atoms with Crippen LogP contribution in [0.5, 0.6) is 0 Å². The Morgan fingerprint density at radius 3 is 2.56 bits per heavy atom. The molecule has 0 aliphatic heterocycles. The van der Waals surface area contributed by atoms with E-state index in [0.29, 0.717) is 22.9 Å². The van der Waals surface area contributed by atoms with Crippen LogP contribution in [0.2, 0.25) is 0 Å². The summed E-state index contributed by atoms with van der Waals surface area (Å²) in [4.78, 5) is 6.24. The van der Waals surface area contributed by atoms with Gasteiger partial charge in [0.25, 0.3) is 0 Å². The largest absolute Gasteiger partial charge is 0.417 e. The van der Waals surface area contributed by atoms with E-state index in [-0.39, 0.29) is 6.42 Å². The first-order valence-electron chi connectivity index (χ1n) is 10.9. The Bertz CT molecular complexity index is 1120. The fourth-order valence-corrected chi connectivity index (χ4v) is 5.17. The minimum absolute atomic E-state index is 0.380. The van der Waals surface area contributed by atoms with E-state index in [1.54, 1.807) is 30.3 Å². The maximum Gasteiger partial charge on any atom is 0.417 e. The molecule has 0 saturated carbocycles. The zero-order chi connectivity index (χ0) is 23.1. The molecule has 3 aromatic rings. The molecule has 0 fully saturated rings. The highest BCUT2D eigenvalue weighted by atomic mass is 19.4. The maximum absolute atomic E-state index is 14.4. The van der Waals surface area contributed by atoms with Gasteiger partial charge in [0.2, 0.25) is 0 Å². The fourth-order valence-electron chi connectivity index (χ4n) is 5.17. The SMILES string of the molecule is CN(C)c1ccc2c(c1)CCCC2(C)C[C@@](O)(Cc1ccnc2ccccc12)C(F)(F)F. The van der Waals surface area contributed by atoms with Gasteiger partial charge in [0, 0.05) is 37.8 Å². The molecule has 1 heterocycles. The van der Waals surface area contributed by atoms with Gasteiger partial charge >= 0.3 is 6.18 Å². The third-order valence-corrected chi connectivity index (χ3v) is 6.86. The lowest BCUT2D eigenvalue weighted by Crippen LogP contribution is -2.52. The molecule has 32 heavy (non-hydrogen) atoms. The van der Waals surface area contributed by atoms with Gasteiger partial charge < -0.3 is 10.0 Å². The smallest absolute Gasteiger partial charge is 0.380 e. The number of hydrogen-bond donors (Lipinski definition) is 1. The molecule has 1 aliphatic carbocycles. The van der Waals surface area contributed by atoms with Gasteiger partial charge in [-0.1, -0.05) is 31.2 Å². The number of pyridine rings is 1. The molecular formula is C26H29F3N2O. The quantitative estimate of drug-likeness (QED) is 0.541. The lowest BCUT2D eigenvalue weighted by Gasteiger charge is -2.43. The molecule has 1 N–H and O–H groups in total. The third-order valence-electron chi connectivity index (χ3n) is 6.86. The number of hydrogen-bond acceptors (Lipinski definition) is 3. The van der Waals surface area contributed by atoms with Gasteiger partial charge in [0.15, 0.2) is 5.60 Å². The number of nitrogens with zero attached hydrogens (tertiary/aromatic N) is 2. The van der Waals surface area contributed by atoms with Crippen LogP contribution in [-0.4, -0.2) is 36.0 Å². The Morgan fingerprint density at radius 2 is 1.84 bits per heavy atom. The summed E-state index contributed by atoms with van der Waals surface area (Å²) in [5.41, 5.74) is 0.479. The van der Waals surface area contributed by atoms with Crippen molar-refractivity contribution in [3.8, 4) is 0 Å². The average molecular weight is 443 g/mol. The molecule has 1 aliphatic rings. The van der Waals surface area contributed by atoms with Crippen molar-refractivity contribution >= 4 is 16.6 Å². The molecule has 2 aromatic carbocycles. The summed E-state index contributed by atoms with van der Waals surface area (Å²) in [7, 11) is 3.90. The van der Waals surface area contributed by atoms with E-state index in [9.17, 15) is 18.3 Å². The van der Waals surface area contributed by atoms with Crippen molar-refractivity contribution in [1.29, 1.82) is 0 Å². The first-order valence-corrected chi connectivity index (χ1v) is 10.9. The molecule has 0 radical (unpaired) electrons. The number of aliphatic hydroxyl groups is 1. The summed E-state index contributed by atoms with van der Waals surface area (Å²) >= 11 is 0. The number of fused-ring (bicyclic) bond motifs is 2. The number of halogens is 3. The van der Waals surface area contributed by atoms with E-state index >= 15 is 0 Å². The maximum atomic E-state index is 14.4. The predicted molar refractivity (Wildman–Crippen MR) is 122 cm³/mol. The van der Waals surface area contributed by atoms with Crippen LogP contribution in [0.15, 0.2) is 54.7 Å². The number of alkyl halides is 3.